The Morgan fingerprint density at radius 2 is 2.00 bits per heavy atom. The fourth-order valence-corrected chi connectivity index (χ4v) is 0.849. The van der Waals surface area contributed by atoms with Crippen LogP contribution in [-0.4, -0.2) is 35.8 Å². The van der Waals surface area contributed by atoms with Crippen LogP contribution in [0.3, 0.4) is 0 Å². The number of hydrogen-bond acceptors (Lipinski definition) is 3. The zero-order valence-electron chi connectivity index (χ0n) is 6.39. The SMILES string of the molecule is CN1CN1CC(C)(C)N. The van der Waals surface area contributed by atoms with Gasteiger partial charge in [-0.3, -0.25) is 0 Å². The average molecular weight is 129 g/mol. The van der Waals surface area contributed by atoms with Crippen molar-refractivity contribution in [3.63, 3.8) is 0 Å². The Morgan fingerprint density at radius 3 is 2.11 bits per heavy atom. The van der Waals surface area contributed by atoms with Gasteiger partial charge in [-0.15, -0.1) is 0 Å². The Bertz CT molecular complexity index is 105. The van der Waals surface area contributed by atoms with Crippen LogP contribution in [0.25, 0.3) is 0 Å². The van der Waals surface area contributed by atoms with Crippen LogP contribution in [0.5, 0.6) is 0 Å². The van der Waals surface area contributed by atoms with Crippen LogP contribution >= 0.6 is 0 Å². The van der Waals surface area contributed by atoms with Gasteiger partial charge in [0, 0.05) is 19.1 Å². The van der Waals surface area contributed by atoms with E-state index in [1.165, 1.54) is 0 Å². The van der Waals surface area contributed by atoms with Gasteiger partial charge in [-0.1, -0.05) is 0 Å². The normalized spacial score (nSPS) is 34.7. The molecule has 1 saturated heterocycles. The predicted molar refractivity (Wildman–Crippen MR) is 37.6 cm³/mol. The summed E-state index contributed by atoms with van der Waals surface area (Å²) in [5.41, 5.74) is 5.72. The molecule has 0 saturated carbocycles. The summed E-state index contributed by atoms with van der Waals surface area (Å²) < 4.78 is 0. The van der Waals surface area contributed by atoms with E-state index in [9.17, 15) is 0 Å². The molecule has 3 heteroatoms. The van der Waals surface area contributed by atoms with Gasteiger partial charge in [0.05, 0.1) is 6.67 Å². The maximum absolute atomic E-state index is 5.77. The molecular formula is C6H15N3. The summed E-state index contributed by atoms with van der Waals surface area (Å²) in [6, 6.07) is 0. The molecule has 9 heavy (non-hydrogen) atoms. The summed E-state index contributed by atoms with van der Waals surface area (Å²) in [6.07, 6.45) is 0. The molecule has 0 amide bonds. The van der Waals surface area contributed by atoms with Gasteiger partial charge in [0.2, 0.25) is 0 Å². The van der Waals surface area contributed by atoms with Gasteiger partial charge in [0.15, 0.2) is 0 Å². The highest BCUT2D eigenvalue weighted by Crippen LogP contribution is 2.14. The number of nitrogens with zero attached hydrogens (tertiary/aromatic N) is 2. The van der Waals surface area contributed by atoms with Crippen molar-refractivity contribution >= 4 is 0 Å². The maximum Gasteiger partial charge on any atom is 0.0785 e. The third-order valence-corrected chi connectivity index (χ3v) is 1.36. The second kappa shape index (κ2) is 1.94. The van der Waals surface area contributed by atoms with Crippen LogP contribution in [0, 0.1) is 0 Å². The Morgan fingerprint density at radius 1 is 1.56 bits per heavy atom. The predicted octanol–water partition coefficient (Wildman–Crippen LogP) is -0.156. The minimum atomic E-state index is -0.0508. The lowest BCUT2D eigenvalue weighted by Crippen LogP contribution is -2.40. The van der Waals surface area contributed by atoms with Crippen molar-refractivity contribution in [2.45, 2.75) is 19.4 Å². The lowest BCUT2D eigenvalue weighted by Gasteiger charge is -2.18. The maximum atomic E-state index is 5.77. The first-order chi connectivity index (χ1) is 3.99. The van der Waals surface area contributed by atoms with Crippen LogP contribution in [0.2, 0.25) is 0 Å². The molecule has 1 aliphatic rings. The fourth-order valence-electron chi connectivity index (χ4n) is 0.849. The number of rotatable bonds is 2. The molecule has 2 atom stereocenters. The Labute approximate surface area is 56.4 Å². The largest absolute Gasteiger partial charge is 0.324 e. The second-order valence-corrected chi connectivity index (χ2v) is 3.45. The van der Waals surface area contributed by atoms with Crippen molar-refractivity contribution in [3.05, 3.63) is 0 Å². The molecule has 0 aromatic heterocycles. The van der Waals surface area contributed by atoms with Crippen LogP contribution in [0.15, 0.2) is 0 Å². The first kappa shape index (κ1) is 6.99. The van der Waals surface area contributed by atoms with Crippen LogP contribution < -0.4 is 5.73 Å². The smallest absolute Gasteiger partial charge is 0.0785 e. The van der Waals surface area contributed by atoms with Crippen LogP contribution in [-0.2, 0) is 0 Å². The first-order valence-electron chi connectivity index (χ1n) is 3.24. The number of hydrazine groups is 1. The fraction of sp³-hybridized carbons (Fsp3) is 1.00. The van der Waals surface area contributed by atoms with Crippen LogP contribution in [0.4, 0.5) is 0 Å². The Hall–Kier alpha value is -0.120. The van der Waals surface area contributed by atoms with Gasteiger partial charge in [0.25, 0.3) is 0 Å². The van der Waals surface area contributed by atoms with Crippen molar-refractivity contribution in [3.8, 4) is 0 Å². The average Bonchev–Trinajstić information content (AvgIpc) is 2.13. The molecule has 1 fully saturated rings. The van der Waals surface area contributed by atoms with E-state index in [-0.39, 0.29) is 5.54 Å². The summed E-state index contributed by atoms with van der Waals surface area (Å²) in [4.78, 5) is 0. The van der Waals surface area contributed by atoms with Crippen molar-refractivity contribution in [1.82, 2.24) is 10.0 Å². The van der Waals surface area contributed by atoms with E-state index in [2.05, 4.69) is 17.1 Å². The van der Waals surface area contributed by atoms with Crippen LogP contribution in [0.1, 0.15) is 13.8 Å². The summed E-state index contributed by atoms with van der Waals surface area (Å²) in [7, 11) is 2.06. The van der Waals surface area contributed by atoms with Gasteiger partial charge < -0.3 is 5.73 Å². The lowest BCUT2D eigenvalue weighted by molar-refractivity contribution is 0.289. The Kier molecular flexibility index (Phi) is 1.50. The zero-order valence-corrected chi connectivity index (χ0v) is 6.39. The quantitative estimate of drug-likeness (QED) is 0.526. The van der Waals surface area contributed by atoms with Gasteiger partial charge in [-0.2, -0.15) is 0 Å². The highest BCUT2D eigenvalue weighted by Gasteiger charge is 2.30. The molecule has 1 heterocycles. The van der Waals surface area contributed by atoms with E-state index in [1.807, 2.05) is 13.8 Å². The highest BCUT2D eigenvalue weighted by molar-refractivity contribution is 4.79. The van der Waals surface area contributed by atoms with E-state index in [1.54, 1.807) is 0 Å². The molecule has 0 radical (unpaired) electrons. The molecule has 0 aliphatic carbocycles. The Balaban J connectivity index is 2.19. The van der Waals surface area contributed by atoms with Crippen molar-refractivity contribution < 1.29 is 0 Å². The number of nitrogens with two attached hydrogens (primary N) is 1. The van der Waals surface area contributed by atoms with E-state index in [4.69, 9.17) is 5.73 Å². The molecule has 1 aliphatic heterocycles. The molecule has 2 unspecified atom stereocenters. The molecule has 54 valence electrons. The standard InChI is InChI=1S/C6H15N3/c1-6(2,7)4-9-5-8(9)3/h4-5,7H2,1-3H3. The third kappa shape index (κ3) is 2.30. The zero-order chi connectivity index (χ0) is 7.07. The molecule has 0 spiro atoms. The molecule has 0 aromatic rings. The number of hydrogen-bond donors (Lipinski definition) is 1. The topological polar surface area (TPSA) is 32.0 Å². The van der Waals surface area contributed by atoms with Gasteiger partial charge >= 0.3 is 0 Å². The summed E-state index contributed by atoms with van der Waals surface area (Å²) in [5, 5.41) is 4.36. The summed E-state index contributed by atoms with van der Waals surface area (Å²) >= 11 is 0. The summed E-state index contributed by atoms with van der Waals surface area (Å²) in [5.74, 6) is 0. The first-order valence-corrected chi connectivity index (χ1v) is 3.24. The van der Waals surface area contributed by atoms with Crippen molar-refractivity contribution in [1.29, 1.82) is 0 Å². The van der Waals surface area contributed by atoms with E-state index < -0.39 is 0 Å². The molecule has 1 rings (SSSR count). The molecule has 0 bridgehead atoms. The van der Waals surface area contributed by atoms with E-state index >= 15 is 0 Å². The molecule has 0 aromatic carbocycles. The van der Waals surface area contributed by atoms with Gasteiger partial charge in [-0.25, -0.2) is 10.0 Å². The second-order valence-electron chi connectivity index (χ2n) is 3.45. The van der Waals surface area contributed by atoms with Gasteiger partial charge in [-0.05, 0) is 13.8 Å². The molecular weight excluding hydrogens is 114 g/mol. The highest BCUT2D eigenvalue weighted by atomic mass is 15.8. The minimum absolute atomic E-state index is 0.0508. The third-order valence-electron chi connectivity index (χ3n) is 1.36. The lowest BCUT2D eigenvalue weighted by atomic mass is 10.1. The van der Waals surface area contributed by atoms with Crippen molar-refractivity contribution in [2.24, 2.45) is 5.73 Å². The summed E-state index contributed by atoms with van der Waals surface area (Å²) in [6.45, 7) is 6.11. The van der Waals surface area contributed by atoms with E-state index in [0.717, 1.165) is 13.2 Å². The van der Waals surface area contributed by atoms with Gasteiger partial charge in [0.1, 0.15) is 0 Å². The minimum Gasteiger partial charge on any atom is -0.324 e. The van der Waals surface area contributed by atoms with Crippen molar-refractivity contribution in [2.75, 3.05) is 20.3 Å². The van der Waals surface area contributed by atoms with E-state index in [0.29, 0.717) is 0 Å². The molecule has 3 nitrogen and oxygen atoms in total. The monoisotopic (exact) mass is 129 g/mol. The molecule has 2 N–H and O–H groups in total.